The Balaban J connectivity index is 1.39. The van der Waals surface area contributed by atoms with Gasteiger partial charge < -0.3 is 20.5 Å². The number of urea groups is 1. The molecule has 3 amide bonds. The third-order valence-corrected chi connectivity index (χ3v) is 5.80. The van der Waals surface area contributed by atoms with Gasteiger partial charge in [-0.2, -0.15) is 0 Å². The van der Waals surface area contributed by atoms with Gasteiger partial charge >= 0.3 is 6.03 Å². The molecule has 0 spiro atoms. The van der Waals surface area contributed by atoms with Crippen LogP contribution in [0.1, 0.15) is 15.9 Å². The van der Waals surface area contributed by atoms with Crippen molar-refractivity contribution in [1.29, 1.82) is 0 Å². The van der Waals surface area contributed by atoms with Crippen LogP contribution < -0.4 is 25.4 Å². The number of nitrogens with zero attached hydrogens (tertiary/aromatic N) is 2. The van der Waals surface area contributed by atoms with Crippen molar-refractivity contribution in [2.45, 2.75) is 6.42 Å². The fourth-order valence-corrected chi connectivity index (χ4v) is 4.10. The maximum atomic E-state index is 13.1. The molecule has 0 saturated heterocycles. The van der Waals surface area contributed by atoms with Crippen molar-refractivity contribution in [3.8, 4) is 17.2 Å². The Morgan fingerprint density at radius 1 is 1.06 bits per heavy atom. The van der Waals surface area contributed by atoms with E-state index in [4.69, 9.17) is 15.2 Å². The standard InChI is InChI=1S/C26H21FN4O4/c1-34-24-14-21-19(13-20(24)25(28)32)23(8-10-29-21)35-18-6-7-22-15(12-18)9-11-31(22)26(33)30-17-4-2-16(27)3-5-17/h2-8,10,12-14H,9,11H2,1H3,(H2,28,32)(H,30,33). The van der Waals surface area contributed by atoms with Crippen LogP contribution in [0.2, 0.25) is 0 Å². The number of aromatic nitrogens is 1. The molecule has 1 aliphatic rings. The molecule has 5 rings (SSSR count). The fourth-order valence-electron chi connectivity index (χ4n) is 4.10. The van der Waals surface area contributed by atoms with Gasteiger partial charge in [0.15, 0.2) is 0 Å². The molecule has 4 aromatic rings. The molecular formula is C26H21FN4O4. The lowest BCUT2D eigenvalue weighted by atomic mass is 10.1. The van der Waals surface area contributed by atoms with E-state index >= 15 is 0 Å². The number of ether oxygens (including phenoxy) is 2. The molecule has 3 N–H and O–H groups in total. The number of nitrogens with two attached hydrogens (primary N) is 1. The van der Waals surface area contributed by atoms with E-state index in [1.807, 2.05) is 12.1 Å². The van der Waals surface area contributed by atoms with E-state index in [9.17, 15) is 14.0 Å². The van der Waals surface area contributed by atoms with E-state index in [0.29, 0.717) is 46.8 Å². The van der Waals surface area contributed by atoms with Crippen LogP contribution in [0.5, 0.6) is 17.2 Å². The van der Waals surface area contributed by atoms with E-state index in [0.717, 1.165) is 11.3 Å². The lowest BCUT2D eigenvalue weighted by Gasteiger charge is -2.18. The highest BCUT2D eigenvalue weighted by Crippen LogP contribution is 2.36. The number of halogens is 1. The molecule has 0 saturated carbocycles. The summed E-state index contributed by atoms with van der Waals surface area (Å²) in [4.78, 5) is 30.6. The fraction of sp³-hybridized carbons (Fsp3) is 0.115. The number of rotatable bonds is 5. The number of hydrogen-bond donors (Lipinski definition) is 2. The number of anilines is 2. The monoisotopic (exact) mass is 472 g/mol. The molecule has 0 fully saturated rings. The van der Waals surface area contributed by atoms with Gasteiger partial charge in [0.1, 0.15) is 23.1 Å². The zero-order chi connectivity index (χ0) is 24.5. The summed E-state index contributed by atoms with van der Waals surface area (Å²) in [6.07, 6.45) is 2.26. The van der Waals surface area contributed by atoms with Gasteiger partial charge in [0, 0.05) is 35.6 Å². The summed E-state index contributed by atoms with van der Waals surface area (Å²) in [7, 11) is 1.46. The number of primary amides is 1. The minimum absolute atomic E-state index is 0.231. The average Bonchev–Trinajstić information content (AvgIpc) is 3.28. The smallest absolute Gasteiger partial charge is 0.326 e. The number of fused-ring (bicyclic) bond motifs is 2. The first kappa shape index (κ1) is 22.1. The summed E-state index contributed by atoms with van der Waals surface area (Å²) in [5.41, 5.74) is 8.57. The summed E-state index contributed by atoms with van der Waals surface area (Å²) in [5, 5.41) is 3.40. The van der Waals surface area contributed by atoms with Crippen LogP contribution in [0.4, 0.5) is 20.6 Å². The number of benzene rings is 3. The van der Waals surface area contributed by atoms with Crippen molar-refractivity contribution in [2.24, 2.45) is 5.73 Å². The van der Waals surface area contributed by atoms with Crippen molar-refractivity contribution >= 4 is 34.2 Å². The summed E-state index contributed by atoms with van der Waals surface area (Å²) in [5.74, 6) is 0.438. The molecule has 0 aliphatic carbocycles. The molecule has 0 radical (unpaired) electrons. The third-order valence-electron chi connectivity index (χ3n) is 5.80. The second-order valence-corrected chi connectivity index (χ2v) is 7.97. The van der Waals surface area contributed by atoms with Gasteiger partial charge in [-0.15, -0.1) is 0 Å². The van der Waals surface area contributed by atoms with Crippen LogP contribution in [0.15, 0.2) is 66.9 Å². The predicted molar refractivity (Wildman–Crippen MR) is 130 cm³/mol. The van der Waals surface area contributed by atoms with Gasteiger partial charge in [-0.3, -0.25) is 14.7 Å². The molecule has 3 aromatic carbocycles. The van der Waals surface area contributed by atoms with E-state index in [2.05, 4.69) is 10.3 Å². The minimum Gasteiger partial charge on any atom is -0.496 e. The molecule has 0 atom stereocenters. The molecule has 1 aromatic heterocycles. The number of nitrogens with one attached hydrogen (secondary N) is 1. The van der Waals surface area contributed by atoms with Crippen molar-refractivity contribution in [3.05, 3.63) is 83.8 Å². The second-order valence-electron chi connectivity index (χ2n) is 7.97. The predicted octanol–water partition coefficient (Wildman–Crippen LogP) is 4.87. The molecule has 8 nitrogen and oxygen atoms in total. The first-order chi connectivity index (χ1) is 16.9. The number of carbonyl (C=O) groups is 2. The quantitative estimate of drug-likeness (QED) is 0.431. The number of methoxy groups -OCH3 is 1. The largest absolute Gasteiger partial charge is 0.496 e. The Labute approximate surface area is 200 Å². The van der Waals surface area contributed by atoms with Crippen LogP contribution in [-0.2, 0) is 6.42 Å². The number of amides is 3. The van der Waals surface area contributed by atoms with Crippen LogP contribution in [-0.4, -0.2) is 30.6 Å². The molecule has 2 heterocycles. The van der Waals surface area contributed by atoms with Gasteiger partial charge in [-0.05, 0) is 66.6 Å². The second kappa shape index (κ2) is 8.94. The number of carbonyl (C=O) groups excluding carboxylic acids is 2. The summed E-state index contributed by atoms with van der Waals surface area (Å²) in [6, 6.07) is 15.7. The number of pyridine rings is 1. The summed E-state index contributed by atoms with van der Waals surface area (Å²) >= 11 is 0. The van der Waals surface area contributed by atoms with Crippen LogP contribution in [0.3, 0.4) is 0 Å². The van der Waals surface area contributed by atoms with Gasteiger partial charge in [0.25, 0.3) is 5.91 Å². The van der Waals surface area contributed by atoms with E-state index in [1.165, 1.54) is 31.4 Å². The third kappa shape index (κ3) is 4.31. The summed E-state index contributed by atoms with van der Waals surface area (Å²) < 4.78 is 24.5. The zero-order valence-corrected chi connectivity index (χ0v) is 18.7. The minimum atomic E-state index is -0.616. The molecule has 0 unspecified atom stereocenters. The summed E-state index contributed by atoms with van der Waals surface area (Å²) in [6.45, 7) is 0.506. The Bertz CT molecular complexity index is 1460. The lowest BCUT2D eigenvalue weighted by Crippen LogP contribution is -2.33. The zero-order valence-electron chi connectivity index (χ0n) is 18.7. The van der Waals surface area contributed by atoms with Gasteiger partial charge in [-0.25, -0.2) is 9.18 Å². The van der Waals surface area contributed by atoms with Crippen LogP contribution in [0, 0.1) is 5.82 Å². The van der Waals surface area contributed by atoms with Crippen LogP contribution >= 0.6 is 0 Å². The molecule has 35 heavy (non-hydrogen) atoms. The molecule has 1 aliphatic heterocycles. The highest BCUT2D eigenvalue weighted by atomic mass is 19.1. The van der Waals surface area contributed by atoms with Gasteiger partial charge in [-0.1, -0.05) is 0 Å². The van der Waals surface area contributed by atoms with E-state index in [1.54, 1.807) is 35.4 Å². The van der Waals surface area contributed by atoms with Gasteiger partial charge in [0.2, 0.25) is 0 Å². The highest BCUT2D eigenvalue weighted by molar-refractivity contribution is 6.03. The maximum absolute atomic E-state index is 13.1. The Morgan fingerprint density at radius 2 is 1.86 bits per heavy atom. The van der Waals surface area contributed by atoms with Crippen molar-refractivity contribution in [2.75, 3.05) is 23.9 Å². The molecule has 9 heteroatoms. The molecule has 0 bridgehead atoms. The SMILES string of the molecule is COc1cc2nccc(Oc3ccc4c(c3)CCN4C(=O)Nc3ccc(F)cc3)c2cc1C(N)=O. The Morgan fingerprint density at radius 3 is 2.60 bits per heavy atom. The topological polar surface area (TPSA) is 107 Å². The Hall–Kier alpha value is -4.66. The number of hydrogen-bond acceptors (Lipinski definition) is 5. The normalized spacial score (nSPS) is 12.3. The maximum Gasteiger partial charge on any atom is 0.326 e. The average molecular weight is 472 g/mol. The highest BCUT2D eigenvalue weighted by Gasteiger charge is 2.25. The lowest BCUT2D eigenvalue weighted by molar-refractivity contribution is 0.0997. The first-order valence-corrected chi connectivity index (χ1v) is 10.8. The van der Waals surface area contributed by atoms with E-state index in [-0.39, 0.29) is 17.4 Å². The van der Waals surface area contributed by atoms with Gasteiger partial charge in [0.05, 0.1) is 18.2 Å². The molecular weight excluding hydrogens is 451 g/mol. The van der Waals surface area contributed by atoms with Crippen molar-refractivity contribution < 1.29 is 23.5 Å². The first-order valence-electron chi connectivity index (χ1n) is 10.8. The van der Waals surface area contributed by atoms with E-state index < -0.39 is 5.91 Å². The Kier molecular flexibility index (Phi) is 5.66. The van der Waals surface area contributed by atoms with Crippen molar-refractivity contribution in [1.82, 2.24) is 4.98 Å². The van der Waals surface area contributed by atoms with Crippen LogP contribution in [0.25, 0.3) is 10.9 Å². The van der Waals surface area contributed by atoms with Crippen molar-refractivity contribution in [3.63, 3.8) is 0 Å². The molecule has 176 valence electrons.